The number of carbonyl (C=O) groups is 1. The van der Waals surface area contributed by atoms with Gasteiger partial charge < -0.3 is 0 Å². The third kappa shape index (κ3) is 8.17. The molecule has 0 spiro atoms. The molecule has 94 valence electrons. The van der Waals surface area contributed by atoms with Gasteiger partial charge in [-0.2, -0.15) is 11.3 Å². The fraction of sp³-hybridized carbons (Fsp3) is 0.500. The van der Waals surface area contributed by atoms with Crippen molar-refractivity contribution in [1.82, 2.24) is 0 Å². The number of unbranched alkanes of at least 4 members (excludes halogenated alkanes) is 5. The highest BCUT2D eigenvalue weighted by atomic mass is 35.5. The summed E-state index contributed by atoms with van der Waals surface area (Å²) < 4.78 is 0. The van der Waals surface area contributed by atoms with Gasteiger partial charge in [-0.25, -0.2) is 0 Å². The Bertz CT molecular complexity index is 330. The van der Waals surface area contributed by atoms with E-state index in [4.69, 9.17) is 11.6 Å². The number of rotatable bonds is 9. The van der Waals surface area contributed by atoms with E-state index in [1.807, 2.05) is 0 Å². The van der Waals surface area contributed by atoms with Crippen molar-refractivity contribution >= 4 is 34.3 Å². The molecule has 0 amide bonds. The maximum atomic E-state index is 10.5. The van der Waals surface area contributed by atoms with E-state index in [0.29, 0.717) is 6.42 Å². The van der Waals surface area contributed by atoms with Crippen LogP contribution in [0, 0.1) is 0 Å². The van der Waals surface area contributed by atoms with Crippen LogP contribution in [0.3, 0.4) is 0 Å². The second-order valence-corrected chi connectivity index (χ2v) is 5.32. The highest BCUT2D eigenvalue weighted by molar-refractivity contribution is 7.08. The second kappa shape index (κ2) is 9.43. The van der Waals surface area contributed by atoms with Crippen LogP contribution in [0.4, 0.5) is 0 Å². The lowest BCUT2D eigenvalue weighted by molar-refractivity contribution is -0.111. The van der Waals surface area contributed by atoms with E-state index >= 15 is 0 Å². The van der Waals surface area contributed by atoms with Gasteiger partial charge in [0.2, 0.25) is 5.24 Å². The van der Waals surface area contributed by atoms with Crippen molar-refractivity contribution in [2.24, 2.45) is 0 Å². The van der Waals surface area contributed by atoms with Gasteiger partial charge in [-0.1, -0.05) is 31.4 Å². The molecule has 1 rings (SSSR count). The minimum atomic E-state index is -0.205. The molecule has 1 aromatic rings. The van der Waals surface area contributed by atoms with Gasteiger partial charge in [-0.3, -0.25) is 4.79 Å². The van der Waals surface area contributed by atoms with Crippen LogP contribution in [0.5, 0.6) is 0 Å². The average Bonchev–Trinajstić information content (AvgIpc) is 2.79. The lowest BCUT2D eigenvalue weighted by Gasteiger charge is -1.97. The van der Waals surface area contributed by atoms with Gasteiger partial charge in [0, 0.05) is 6.42 Å². The molecule has 1 nitrogen and oxygen atoms in total. The molecule has 0 aliphatic rings. The van der Waals surface area contributed by atoms with Crippen LogP contribution in [-0.4, -0.2) is 5.24 Å². The molecule has 0 radical (unpaired) electrons. The first-order valence-corrected chi connectivity index (χ1v) is 7.48. The summed E-state index contributed by atoms with van der Waals surface area (Å²) in [5, 5.41) is 4.04. The first kappa shape index (κ1) is 14.5. The molecule has 0 aliphatic heterocycles. The van der Waals surface area contributed by atoms with Crippen LogP contribution in [0.25, 0.3) is 6.08 Å². The number of allylic oxidation sites excluding steroid dienone is 1. The summed E-state index contributed by atoms with van der Waals surface area (Å²) >= 11 is 6.99. The van der Waals surface area contributed by atoms with E-state index in [1.165, 1.54) is 24.8 Å². The summed E-state index contributed by atoms with van der Waals surface area (Å²) in [6, 6.07) is 2.13. The molecule has 0 saturated heterocycles. The van der Waals surface area contributed by atoms with E-state index in [1.54, 1.807) is 11.3 Å². The number of carbonyl (C=O) groups excluding carboxylic acids is 1. The average molecular weight is 271 g/mol. The van der Waals surface area contributed by atoms with Crippen molar-refractivity contribution in [2.75, 3.05) is 0 Å². The Morgan fingerprint density at radius 3 is 2.71 bits per heavy atom. The Morgan fingerprint density at radius 1 is 1.24 bits per heavy atom. The van der Waals surface area contributed by atoms with E-state index in [0.717, 1.165) is 19.3 Å². The zero-order valence-corrected chi connectivity index (χ0v) is 11.6. The first-order valence-electron chi connectivity index (χ1n) is 6.16. The van der Waals surface area contributed by atoms with Crippen LogP contribution in [0.1, 0.15) is 50.5 Å². The van der Waals surface area contributed by atoms with Crippen molar-refractivity contribution in [3.63, 3.8) is 0 Å². The number of halogens is 1. The topological polar surface area (TPSA) is 17.1 Å². The molecule has 1 heterocycles. The molecular weight excluding hydrogens is 252 g/mol. The van der Waals surface area contributed by atoms with Gasteiger partial charge in [0.25, 0.3) is 0 Å². The van der Waals surface area contributed by atoms with Crippen LogP contribution in [-0.2, 0) is 4.79 Å². The highest BCUT2D eigenvalue weighted by Crippen LogP contribution is 2.11. The van der Waals surface area contributed by atoms with Crippen molar-refractivity contribution in [3.05, 3.63) is 28.5 Å². The summed E-state index contributed by atoms with van der Waals surface area (Å²) in [6.07, 6.45) is 11.8. The quantitative estimate of drug-likeness (QED) is 0.442. The van der Waals surface area contributed by atoms with Crippen molar-refractivity contribution in [3.8, 4) is 0 Å². The van der Waals surface area contributed by atoms with E-state index < -0.39 is 0 Å². The Morgan fingerprint density at radius 2 is 2.00 bits per heavy atom. The minimum Gasteiger partial charge on any atom is -0.281 e. The van der Waals surface area contributed by atoms with Gasteiger partial charge in [0.15, 0.2) is 0 Å². The normalized spacial score (nSPS) is 11.1. The minimum absolute atomic E-state index is 0.205. The molecule has 0 fully saturated rings. The zero-order valence-electron chi connectivity index (χ0n) is 10.0. The van der Waals surface area contributed by atoms with E-state index in [2.05, 4.69) is 29.0 Å². The number of thiophene rings is 1. The predicted octanol–water partition coefficient (Wildman–Crippen LogP) is 5.26. The van der Waals surface area contributed by atoms with E-state index in [9.17, 15) is 4.79 Å². The second-order valence-electron chi connectivity index (χ2n) is 4.12. The van der Waals surface area contributed by atoms with Gasteiger partial charge in [-0.05, 0) is 53.3 Å². The largest absolute Gasteiger partial charge is 0.281 e. The third-order valence-corrected chi connectivity index (χ3v) is 3.49. The molecule has 0 atom stereocenters. The molecular formula is C14H19ClOS. The van der Waals surface area contributed by atoms with E-state index in [-0.39, 0.29) is 5.24 Å². The van der Waals surface area contributed by atoms with Crippen LogP contribution >= 0.6 is 22.9 Å². The smallest absolute Gasteiger partial charge is 0.221 e. The summed E-state index contributed by atoms with van der Waals surface area (Å²) in [4.78, 5) is 10.5. The summed E-state index contributed by atoms with van der Waals surface area (Å²) in [5.74, 6) is 0. The number of hydrogen-bond acceptors (Lipinski definition) is 2. The summed E-state index contributed by atoms with van der Waals surface area (Å²) in [6.45, 7) is 0. The summed E-state index contributed by atoms with van der Waals surface area (Å²) in [5.41, 5.74) is 1.30. The molecule has 0 N–H and O–H groups in total. The zero-order chi connectivity index (χ0) is 12.3. The van der Waals surface area contributed by atoms with Gasteiger partial charge in [0.05, 0.1) is 0 Å². The highest BCUT2D eigenvalue weighted by Gasteiger charge is 1.95. The Kier molecular flexibility index (Phi) is 8.02. The lowest BCUT2D eigenvalue weighted by atomic mass is 10.1. The number of hydrogen-bond donors (Lipinski definition) is 0. The van der Waals surface area contributed by atoms with Crippen LogP contribution < -0.4 is 0 Å². The molecule has 17 heavy (non-hydrogen) atoms. The fourth-order valence-corrected chi connectivity index (χ4v) is 2.41. The SMILES string of the molecule is O=C(Cl)CCCCCCC/C=C/c1ccsc1. The molecule has 0 bridgehead atoms. The maximum Gasteiger partial charge on any atom is 0.221 e. The standard InChI is InChI=1S/C14H19ClOS/c15-14(16)9-7-5-3-1-2-4-6-8-13-10-11-17-12-13/h6,8,10-12H,1-5,7,9H2/b8-6+. The maximum absolute atomic E-state index is 10.5. The molecule has 0 aliphatic carbocycles. The van der Waals surface area contributed by atoms with Crippen molar-refractivity contribution < 1.29 is 4.79 Å². The van der Waals surface area contributed by atoms with Gasteiger partial charge >= 0.3 is 0 Å². The van der Waals surface area contributed by atoms with Crippen molar-refractivity contribution in [1.29, 1.82) is 0 Å². The van der Waals surface area contributed by atoms with Crippen LogP contribution in [0.2, 0.25) is 0 Å². The Labute approximate surface area is 112 Å². The molecule has 1 aromatic heterocycles. The van der Waals surface area contributed by atoms with Crippen molar-refractivity contribution in [2.45, 2.75) is 44.9 Å². The molecule has 0 saturated carbocycles. The van der Waals surface area contributed by atoms with Gasteiger partial charge in [-0.15, -0.1) is 0 Å². The fourth-order valence-electron chi connectivity index (χ4n) is 1.65. The monoisotopic (exact) mass is 270 g/mol. The molecule has 3 heteroatoms. The molecule has 0 aromatic carbocycles. The Hall–Kier alpha value is -0.600. The van der Waals surface area contributed by atoms with Crippen LogP contribution in [0.15, 0.2) is 22.9 Å². The molecule has 0 unspecified atom stereocenters. The Balaban J connectivity index is 1.89. The van der Waals surface area contributed by atoms with Gasteiger partial charge in [0.1, 0.15) is 0 Å². The lowest BCUT2D eigenvalue weighted by Crippen LogP contribution is -1.86. The predicted molar refractivity (Wildman–Crippen MR) is 76.5 cm³/mol. The summed E-state index contributed by atoms with van der Waals surface area (Å²) in [7, 11) is 0. The third-order valence-electron chi connectivity index (χ3n) is 2.60. The first-order chi connectivity index (χ1) is 8.29.